The van der Waals surface area contributed by atoms with Crippen molar-refractivity contribution in [1.82, 2.24) is 4.98 Å². The summed E-state index contributed by atoms with van der Waals surface area (Å²) in [6, 6.07) is 9.98. The normalized spacial score (nSPS) is 12.7. The summed E-state index contributed by atoms with van der Waals surface area (Å²) < 4.78 is 18.8. The quantitative estimate of drug-likeness (QED) is 0.685. The number of aromatic nitrogens is 1. The van der Waals surface area contributed by atoms with E-state index < -0.39 is 5.76 Å². The van der Waals surface area contributed by atoms with Crippen LogP contribution in [-0.2, 0) is 6.42 Å². The first-order valence-electron chi connectivity index (χ1n) is 6.24. The predicted octanol–water partition coefficient (Wildman–Crippen LogP) is 4.59. The van der Waals surface area contributed by atoms with Gasteiger partial charge in [0, 0.05) is 15.4 Å². The molecule has 0 aliphatic rings. The van der Waals surface area contributed by atoms with Crippen LogP contribution in [0.5, 0.6) is 0 Å². The van der Waals surface area contributed by atoms with Crippen molar-refractivity contribution in [2.45, 2.75) is 11.2 Å². The number of H-pyrrole nitrogens is 1. The highest BCUT2D eigenvalue weighted by Crippen LogP contribution is 2.32. The Morgan fingerprint density at radius 2 is 2.14 bits per heavy atom. The maximum atomic E-state index is 13.8. The number of aromatic amines is 1. The number of fused-ring (bicyclic) bond motifs is 1. The lowest BCUT2D eigenvalue weighted by Gasteiger charge is -2.12. The average molecular weight is 371 g/mol. The van der Waals surface area contributed by atoms with E-state index in [0.717, 1.165) is 5.56 Å². The van der Waals surface area contributed by atoms with Crippen molar-refractivity contribution < 1.29 is 8.81 Å². The molecule has 0 radical (unpaired) electrons. The molecule has 0 bridgehead atoms. The van der Waals surface area contributed by atoms with Crippen LogP contribution in [0.15, 0.2) is 45.6 Å². The highest BCUT2D eigenvalue weighted by Gasteiger charge is 2.15. The SMILES string of the molecule is O=c1[nH]c2ccc(C(Br)Cc3c(F)cccc3Cl)cc2o1. The molecule has 0 saturated carbocycles. The minimum atomic E-state index is -0.495. The molecule has 0 amide bonds. The summed E-state index contributed by atoms with van der Waals surface area (Å²) in [7, 11) is 0. The summed E-state index contributed by atoms with van der Waals surface area (Å²) in [6.07, 6.45) is 0.395. The number of hydrogen-bond donors (Lipinski definition) is 1. The lowest BCUT2D eigenvalue weighted by molar-refractivity contribution is 0.555. The molecule has 3 aromatic rings. The summed E-state index contributed by atoms with van der Waals surface area (Å²) in [5.74, 6) is -0.827. The molecular formula is C15H10BrClFNO2. The van der Waals surface area contributed by atoms with Gasteiger partial charge in [-0.25, -0.2) is 9.18 Å². The molecule has 1 heterocycles. The van der Waals surface area contributed by atoms with Crippen molar-refractivity contribution in [3.8, 4) is 0 Å². The third-order valence-electron chi connectivity index (χ3n) is 3.25. The van der Waals surface area contributed by atoms with Gasteiger partial charge in [-0.3, -0.25) is 4.98 Å². The van der Waals surface area contributed by atoms with Gasteiger partial charge in [-0.15, -0.1) is 0 Å². The zero-order valence-corrected chi connectivity index (χ0v) is 13.0. The zero-order chi connectivity index (χ0) is 15.0. The molecule has 1 N–H and O–H groups in total. The van der Waals surface area contributed by atoms with Gasteiger partial charge >= 0.3 is 5.76 Å². The molecule has 1 unspecified atom stereocenters. The van der Waals surface area contributed by atoms with Crippen molar-refractivity contribution in [3.05, 3.63) is 68.9 Å². The van der Waals surface area contributed by atoms with Crippen molar-refractivity contribution >= 4 is 38.6 Å². The van der Waals surface area contributed by atoms with Gasteiger partial charge in [0.2, 0.25) is 0 Å². The predicted molar refractivity (Wildman–Crippen MR) is 83.6 cm³/mol. The van der Waals surface area contributed by atoms with E-state index in [9.17, 15) is 9.18 Å². The number of benzene rings is 2. The first-order chi connectivity index (χ1) is 10.0. The van der Waals surface area contributed by atoms with Crippen LogP contribution in [0.1, 0.15) is 16.0 Å². The Morgan fingerprint density at radius 3 is 2.90 bits per heavy atom. The minimum absolute atomic E-state index is 0.142. The number of hydrogen-bond acceptors (Lipinski definition) is 2. The summed E-state index contributed by atoms with van der Waals surface area (Å²) in [4.78, 5) is 13.6. The lowest BCUT2D eigenvalue weighted by Crippen LogP contribution is -1.99. The third-order valence-corrected chi connectivity index (χ3v) is 4.46. The first kappa shape index (κ1) is 14.4. The molecule has 1 atom stereocenters. The molecule has 1 aromatic heterocycles. The fourth-order valence-electron chi connectivity index (χ4n) is 2.18. The summed E-state index contributed by atoms with van der Waals surface area (Å²) in [6.45, 7) is 0. The van der Waals surface area contributed by atoms with E-state index in [4.69, 9.17) is 16.0 Å². The van der Waals surface area contributed by atoms with E-state index in [1.807, 2.05) is 6.07 Å². The van der Waals surface area contributed by atoms with E-state index in [1.54, 1.807) is 24.3 Å². The molecule has 0 aliphatic heterocycles. The number of halogens is 3. The van der Waals surface area contributed by atoms with E-state index in [2.05, 4.69) is 20.9 Å². The maximum Gasteiger partial charge on any atom is 0.417 e. The largest absolute Gasteiger partial charge is 0.417 e. The van der Waals surface area contributed by atoms with Gasteiger partial charge in [-0.05, 0) is 36.2 Å². The molecule has 21 heavy (non-hydrogen) atoms. The topological polar surface area (TPSA) is 46.0 Å². The first-order valence-corrected chi connectivity index (χ1v) is 7.53. The van der Waals surface area contributed by atoms with Gasteiger partial charge in [0.25, 0.3) is 0 Å². The monoisotopic (exact) mass is 369 g/mol. The fraction of sp³-hybridized carbons (Fsp3) is 0.133. The Kier molecular flexibility index (Phi) is 3.87. The highest BCUT2D eigenvalue weighted by atomic mass is 79.9. The van der Waals surface area contributed by atoms with Gasteiger partial charge in [0.05, 0.1) is 5.52 Å². The molecule has 3 nitrogen and oxygen atoms in total. The molecule has 3 rings (SSSR count). The second kappa shape index (κ2) is 5.66. The third kappa shape index (κ3) is 2.89. The summed E-state index contributed by atoms with van der Waals surface area (Å²) in [5, 5.41) is 0.397. The average Bonchev–Trinajstić information content (AvgIpc) is 2.81. The molecule has 0 fully saturated rings. The van der Waals surface area contributed by atoms with Crippen molar-refractivity contribution in [3.63, 3.8) is 0 Å². The number of nitrogens with one attached hydrogen (secondary N) is 1. The summed E-state index contributed by atoms with van der Waals surface area (Å²) in [5.41, 5.74) is 2.44. The molecule has 0 spiro atoms. The van der Waals surface area contributed by atoms with E-state index in [0.29, 0.717) is 28.1 Å². The number of alkyl halides is 1. The van der Waals surface area contributed by atoms with Gasteiger partial charge in [0.15, 0.2) is 5.58 Å². The van der Waals surface area contributed by atoms with E-state index >= 15 is 0 Å². The van der Waals surface area contributed by atoms with Gasteiger partial charge in [0.1, 0.15) is 5.82 Å². The van der Waals surface area contributed by atoms with Crippen LogP contribution in [0.4, 0.5) is 4.39 Å². The second-order valence-electron chi connectivity index (χ2n) is 4.64. The molecule has 6 heteroatoms. The zero-order valence-electron chi connectivity index (χ0n) is 10.7. The van der Waals surface area contributed by atoms with Crippen LogP contribution in [0.2, 0.25) is 5.02 Å². The molecule has 108 valence electrons. The number of oxazole rings is 1. The van der Waals surface area contributed by atoms with Crippen LogP contribution >= 0.6 is 27.5 Å². The smallest absolute Gasteiger partial charge is 0.408 e. The van der Waals surface area contributed by atoms with E-state index in [-0.39, 0.29) is 10.6 Å². The van der Waals surface area contributed by atoms with Crippen LogP contribution in [0, 0.1) is 5.82 Å². The van der Waals surface area contributed by atoms with Crippen molar-refractivity contribution in [2.24, 2.45) is 0 Å². The minimum Gasteiger partial charge on any atom is -0.408 e. The molecule has 0 saturated heterocycles. The molecule has 2 aromatic carbocycles. The van der Waals surface area contributed by atoms with Crippen LogP contribution in [0.25, 0.3) is 11.1 Å². The Labute approximate surface area is 132 Å². The van der Waals surface area contributed by atoms with Crippen molar-refractivity contribution in [2.75, 3.05) is 0 Å². The van der Waals surface area contributed by atoms with Gasteiger partial charge in [-0.2, -0.15) is 0 Å². The second-order valence-corrected chi connectivity index (χ2v) is 6.15. The van der Waals surface area contributed by atoms with Crippen molar-refractivity contribution in [1.29, 1.82) is 0 Å². The van der Waals surface area contributed by atoms with Gasteiger partial charge in [-0.1, -0.05) is 39.7 Å². The Morgan fingerprint density at radius 1 is 1.33 bits per heavy atom. The Bertz CT molecular complexity index is 838. The van der Waals surface area contributed by atoms with E-state index in [1.165, 1.54) is 6.07 Å². The molecular weight excluding hydrogens is 361 g/mol. The highest BCUT2D eigenvalue weighted by molar-refractivity contribution is 9.09. The van der Waals surface area contributed by atoms with Crippen LogP contribution < -0.4 is 5.76 Å². The fourth-order valence-corrected chi connectivity index (χ4v) is 3.03. The van der Waals surface area contributed by atoms with Crippen LogP contribution in [-0.4, -0.2) is 4.98 Å². The van der Waals surface area contributed by atoms with Gasteiger partial charge < -0.3 is 4.42 Å². The molecule has 0 aliphatic carbocycles. The maximum absolute atomic E-state index is 13.8. The lowest BCUT2D eigenvalue weighted by atomic mass is 10.0. The standard InChI is InChI=1S/C15H10BrClFNO2/c16-10(7-9-11(17)2-1-3-12(9)18)8-4-5-13-14(6-8)21-15(20)19-13/h1-6,10H,7H2,(H,19,20). The Hall–Kier alpha value is -1.59. The number of rotatable bonds is 3. The Balaban J connectivity index is 1.93. The summed E-state index contributed by atoms with van der Waals surface area (Å²) >= 11 is 9.56. The van der Waals surface area contributed by atoms with Crippen LogP contribution in [0.3, 0.4) is 0 Å².